The molecule has 2 heterocycles. The average Bonchev–Trinajstić information content (AvgIpc) is 2.88. The van der Waals surface area contributed by atoms with Crippen LogP contribution in [0.3, 0.4) is 0 Å². The van der Waals surface area contributed by atoms with E-state index in [2.05, 4.69) is 11.0 Å². The largest absolute Gasteiger partial charge is 0.360 e. The quantitative estimate of drug-likeness (QED) is 0.645. The van der Waals surface area contributed by atoms with E-state index < -0.39 is 0 Å². The van der Waals surface area contributed by atoms with Crippen molar-refractivity contribution in [2.24, 2.45) is 11.8 Å². The zero-order valence-corrected chi connectivity index (χ0v) is 14.9. The van der Waals surface area contributed by atoms with Crippen LogP contribution in [0.2, 0.25) is 5.02 Å². The van der Waals surface area contributed by atoms with Crippen LogP contribution in [0, 0.1) is 11.8 Å². The second kappa shape index (κ2) is 6.81. The molecule has 2 saturated heterocycles. The summed E-state index contributed by atoms with van der Waals surface area (Å²) in [5, 5.41) is 0.747. The summed E-state index contributed by atoms with van der Waals surface area (Å²) in [5.41, 5.74) is 1.14. The minimum atomic E-state index is -0.121. The van der Waals surface area contributed by atoms with E-state index >= 15 is 0 Å². The van der Waals surface area contributed by atoms with Crippen molar-refractivity contribution < 1.29 is 14.5 Å². The number of carbonyl (C=O) groups is 2. The van der Waals surface area contributed by atoms with Crippen molar-refractivity contribution >= 4 is 29.1 Å². The van der Waals surface area contributed by atoms with Gasteiger partial charge < -0.3 is 9.80 Å². The number of hydrogen-bond acceptors (Lipinski definition) is 3. The lowest BCUT2D eigenvalue weighted by Gasteiger charge is -2.35. The zero-order chi connectivity index (χ0) is 17.4. The molecule has 0 radical (unpaired) electrons. The molecule has 2 fully saturated rings. The van der Waals surface area contributed by atoms with E-state index in [0.29, 0.717) is 19.5 Å². The van der Waals surface area contributed by atoms with Crippen LogP contribution in [0.4, 0.5) is 5.69 Å². The van der Waals surface area contributed by atoms with Crippen LogP contribution in [-0.2, 0) is 9.59 Å². The Balaban J connectivity index is 1.36. The smallest absolute Gasteiger partial charge is 0.237 e. The van der Waals surface area contributed by atoms with Crippen LogP contribution in [0.1, 0.15) is 12.8 Å². The highest BCUT2D eigenvalue weighted by Crippen LogP contribution is 2.34. The van der Waals surface area contributed by atoms with Crippen molar-refractivity contribution in [2.45, 2.75) is 12.8 Å². The van der Waals surface area contributed by atoms with Crippen LogP contribution in [0.25, 0.3) is 0 Å². The molecule has 3 aliphatic rings. The number of piperazine rings is 1. The minimum Gasteiger partial charge on any atom is -0.360 e. The van der Waals surface area contributed by atoms with Crippen LogP contribution in [0.5, 0.6) is 0 Å². The third kappa shape index (κ3) is 3.18. The summed E-state index contributed by atoms with van der Waals surface area (Å²) in [7, 11) is 0. The summed E-state index contributed by atoms with van der Waals surface area (Å²) in [6.07, 6.45) is 5.49. The summed E-state index contributed by atoms with van der Waals surface area (Å²) in [4.78, 5) is 30.3. The van der Waals surface area contributed by atoms with E-state index in [1.165, 1.54) is 9.80 Å². The normalized spacial score (nSPS) is 27.1. The van der Waals surface area contributed by atoms with Gasteiger partial charge in [0, 0.05) is 10.7 Å². The van der Waals surface area contributed by atoms with Crippen molar-refractivity contribution in [2.75, 3.05) is 37.7 Å². The van der Waals surface area contributed by atoms with Gasteiger partial charge in [-0.2, -0.15) is 0 Å². The Morgan fingerprint density at radius 2 is 1.68 bits per heavy atom. The molecule has 0 unspecified atom stereocenters. The Labute approximate surface area is 152 Å². The van der Waals surface area contributed by atoms with E-state index in [0.717, 1.165) is 36.9 Å². The molecule has 0 bridgehead atoms. The first-order valence-electron chi connectivity index (χ1n) is 8.98. The number of anilines is 1. The van der Waals surface area contributed by atoms with Crippen molar-refractivity contribution in [3.05, 3.63) is 41.4 Å². The summed E-state index contributed by atoms with van der Waals surface area (Å²) in [6.45, 7) is 4.14. The lowest BCUT2D eigenvalue weighted by Crippen LogP contribution is -3.16. The highest BCUT2D eigenvalue weighted by Gasteiger charge is 2.48. The number of nitrogens with one attached hydrogen (secondary N) is 1. The highest BCUT2D eigenvalue weighted by molar-refractivity contribution is 6.30. The van der Waals surface area contributed by atoms with E-state index in [1.54, 1.807) is 0 Å². The first-order chi connectivity index (χ1) is 12.1. The first kappa shape index (κ1) is 16.6. The Hall–Kier alpha value is -1.85. The van der Waals surface area contributed by atoms with Crippen LogP contribution >= 0.6 is 11.6 Å². The number of fused-ring (bicyclic) bond motifs is 1. The van der Waals surface area contributed by atoms with Crippen LogP contribution in [-0.4, -0.2) is 49.6 Å². The van der Waals surface area contributed by atoms with Crippen LogP contribution in [0.15, 0.2) is 36.4 Å². The first-order valence-corrected chi connectivity index (χ1v) is 9.35. The minimum absolute atomic E-state index is 0.0316. The SMILES string of the molecule is O=C1[C@H]2CC=CC[C@@H]2C(=O)N1C[NH+]1CCN(c2cccc(Cl)c2)CC1. The van der Waals surface area contributed by atoms with Gasteiger partial charge in [-0.3, -0.25) is 9.59 Å². The van der Waals surface area contributed by atoms with Gasteiger partial charge in [-0.15, -0.1) is 0 Å². The monoisotopic (exact) mass is 360 g/mol. The molecule has 0 aromatic heterocycles. The number of likely N-dealkylation sites (tertiary alicyclic amines) is 1. The molecular formula is C19H23ClN3O2+. The van der Waals surface area contributed by atoms with Gasteiger partial charge in [-0.05, 0) is 31.0 Å². The second-order valence-corrected chi connectivity index (χ2v) is 7.57. The molecule has 25 heavy (non-hydrogen) atoms. The third-order valence-corrected chi connectivity index (χ3v) is 5.86. The van der Waals surface area contributed by atoms with E-state index in [-0.39, 0.29) is 23.7 Å². The summed E-state index contributed by atoms with van der Waals surface area (Å²) >= 11 is 6.08. The molecular weight excluding hydrogens is 338 g/mol. The number of carbonyl (C=O) groups excluding carboxylic acids is 2. The number of nitrogens with zero attached hydrogens (tertiary/aromatic N) is 2. The van der Waals surface area contributed by atoms with Gasteiger partial charge in [0.15, 0.2) is 6.67 Å². The average molecular weight is 361 g/mol. The Morgan fingerprint density at radius 3 is 2.28 bits per heavy atom. The fourth-order valence-corrected chi connectivity index (χ4v) is 4.35. The van der Waals surface area contributed by atoms with Gasteiger partial charge in [-0.1, -0.05) is 29.8 Å². The maximum atomic E-state index is 12.6. The van der Waals surface area contributed by atoms with E-state index in [4.69, 9.17) is 11.6 Å². The number of halogens is 1. The molecule has 1 aromatic carbocycles. The molecule has 2 amide bonds. The maximum Gasteiger partial charge on any atom is 0.237 e. The molecule has 5 nitrogen and oxygen atoms in total. The Kier molecular flexibility index (Phi) is 4.52. The lowest BCUT2D eigenvalue weighted by molar-refractivity contribution is -0.908. The Bertz CT molecular complexity index is 686. The summed E-state index contributed by atoms with van der Waals surface area (Å²) < 4.78 is 0. The maximum absolute atomic E-state index is 12.6. The van der Waals surface area contributed by atoms with Crippen molar-refractivity contribution in [1.82, 2.24) is 4.90 Å². The molecule has 1 N–H and O–H groups in total. The number of hydrogen-bond donors (Lipinski definition) is 1. The van der Waals surface area contributed by atoms with Gasteiger partial charge in [0.2, 0.25) is 11.8 Å². The zero-order valence-electron chi connectivity index (χ0n) is 14.2. The molecule has 1 aromatic rings. The molecule has 2 aliphatic heterocycles. The highest BCUT2D eigenvalue weighted by atomic mass is 35.5. The predicted molar refractivity (Wildman–Crippen MR) is 96.4 cm³/mol. The number of imide groups is 1. The van der Waals surface area contributed by atoms with Crippen molar-refractivity contribution in [1.29, 1.82) is 0 Å². The number of benzene rings is 1. The number of amides is 2. The summed E-state index contributed by atoms with van der Waals surface area (Å²) in [5.74, 6) is -0.178. The Morgan fingerprint density at radius 1 is 1.04 bits per heavy atom. The van der Waals surface area contributed by atoms with Crippen molar-refractivity contribution in [3.8, 4) is 0 Å². The molecule has 1 aliphatic carbocycles. The van der Waals surface area contributed by atoms with E-state index in [1.807, 2.05) is 30.4 Å². The number of rotatable bonds is 3. The van der Waals surface area contributed by atoms with Gasteiger partial charge >= 0.3 is 0 Å². The van der Waals surface area contributed by atoms with Gasteiger partial charge in [0.1, 0.15) is 0 Å². The fourth-order valence-electron chi connectivity index (χ4n) is 4.16. The number of quaternary nitrogens is 1. The standard InChI is InChI=1S/C19H22ClN3O2/c20-14-4-3-5-15(12-14)22-10-8-21(9-11-22)13-23-18(24)16-6-1-2-7-17(16)19(23)25/h1-5,12,16-17H,6-11,13H2/p+1/t16-,17-/m0/s1. The topological polar surface area (TPSA) is 45.1 Å². The molecule has 2 atom stereocenters. The second-order valence-electron chi connectivity index (χ2n) is 7.14. The van der Waals surface area contributed by atoms with Crippen LogP contribution < -0.4 is 9.80 Å². The molecule has 0 saturated carbocycles. The van der Waals surface area contributed by atoms with Gasteiger partial charge in [-0.25, -0.2) is 4.90 Å². The fraction of sp³-hybridized carbons (Fsp3) is 0.474. The molecule has 132 valence electrons. The lowest BCUT2D eigenvalue weighted by atomic mass is 9.85. The molecule has 0 spiro atoms. The van der Waals surface area contributed by atoms with E-state index in [9.17, 15) is 9.59 Å². The predicted octanol–water partition coefficient (Wildman–Crippen LogP) is 0.954. The molecule has 6 heteroatoms. The van der Waals surface area contributed by atoms with Crippen molar-refractivity contribution in [3.63, 3.8) is 0 Å². The van der Waals surface area contributed by atoms with Gasteiger partial charge in [0.05, 0.1) is 38.0 Å². The number of allylic oxidation sites excluding steroid dienone is 2. The summed E-state index contributed by atoms with van der Waals surface area (Å²) in [6, 6.07) is 7.90. The third-order valence-electron chi connectivity index (χ3n) is 5.62. The van der Waals surface area contributed by atoms with Gasteiger partial charge in [0.25, 0.3) is 0 Å². The molecule has 4 rings (SSSR count).